The number of nitrogens with one attached hydrogen (secondary N) is 1. The normalized spacial score (nSPS) is 17.0. The molecule has 1 aromatic carbocycles. The number of aromatic nitrogens is 1. The van der Waals surface area contributed by atoms with Gasteiger partial charge in [-0.05, 0) is 49.9 Å². The van der Waals surface area contributed by atoms with Gasteiger partial charge < -0.3 is 24.0 Å². The predicted molar refractivity (Wildman–Crippen MR) is 124 cm³/mol. The SMILES string of the molecule is CC(CNC(=O)C1CCN(c2oc(-c3ccco3)nc2C#N)CC1)N1CCc2ccccc21. The number of nitrogens with zero attached hydrogens (tertiary/aromatic N) is 4. The average Bonchev–Trinajstić information content (AvgIpc) is 3.61. The molecule has 5 rings (SSSR count). The Morgan fingerprint density at radius 3 is 2.82 bits per heavy atom. The molecule has 1 N–H and O–H groups in total. The molecule has 8 nitrogen and oxygen atoms in total. The van der Waals surface area contributed by atoms with Crippen LogP contribution in [0.25, 0.3) is 11.7 Å². The summed E-state index contributed by atoms with van der Waals surface area (Å²) in [6.07, 6.45) is 4.00. The van der Waals surface area contributed by atoms with Crippen LogP contribution in [0.3, 0.4) is 0 Å². The van der Waals surface area contributed by atoms with Crippen molar-refractivity contribution in [1.29, 1.82) is 5.26 Å². The van der Waals surface area contributed by atoms with E-state index in [-0.39, 0.29) is 23.6 Å². The fraction of sp³-hybridized carbons (Fsp3) is 0.400. The van der Waals surface area contributed by atoms with Crippen molar-refractivity contribution in [2.24, 2.45) is 5.92 Å². The van der Waals surface area contributed by atoms with Gasteiger partial charge in [0.1, 0.15) is 6.07 Å². The number of fused-ring (bicyclic) bond motifs is 1. The third-order valence-electron chi connectivity index (χ3n) is 6.63. The highest BCUT2D eigenvalue weighted by molar-refractivity contribution is 5.79. The average molecular weight is 446 g/mol. The van der Waals surface area contributed by atoms with Crippen LogP contribution in [0.5, 0.6) is 0 Å². The van der Waals surface area contributed by atoms with E-state index in [2.05, 4.69) is 52.5 Å². The van der Waals surface area contributed by atoms with E-state index in [1.165, 1.54) is 11.3 Å². The van der Waals surface area contributed by atoms with Crippen molar-refractivity contribution in [3.05, 3.63) is 53.9 Å². The maximum absolute atomic E-state index is 12.8. The summed E-state index contributed by atoms with van der Waals surface area (Å²) < 4.78 is 11.2. The van der Waals surface area contributed by atoms with E-state index in [4.69, 9.17) is 8.83 Å². The lowest BCUT2D eigenvalue weighted by atomic mass is 9.96. The van der Waals surface area contributed by atoms with Crippen molar-refractivity contribution in [3.8, 4) is 17.7 Å². The highest BCUT2D eigenvalue weighted by Crippen LogP contribution is 2.32. The van der Waals surface area contributed by atoms with Gasteiger partial charge in [-0.25, -0.2) is 0 Å². The number of anilines is 2. The van der Waals surface area contributed by atoms with Crippen LogP contribution in [0.2, 0.25) is 0 Å². The summed E-state index contributed by atoms with van der Waals surface area (Å²) in [6.45, 7) is 5.05. The predicted octanol–water partition coefficient (Wildman–Crippen LogP) is 3.59. The number of hydrogen-bond acceptors (Lipinski definition) is 7. The zero-order valence-corrected chi connectivity index (χ0v) is 18.7. The van der Waals surface area contributed by atoms with Crippen molar-refractivity contribution in [2.75, 3.05) is 36.0 Å². The molecule has 1 saturated heterocycles. The van der Waals surface area contributed by atoms with Gasteiger partial charge in [-0.3, -0.25) is 4.79 Å². The Balaban J connectivity index is 1.15. The molecule has 1 fully saturated rings. The van der Waals surface area contributed by atoms with Crippen molar-refractivity contribution in [1.82, 2.24) is 10.3 Å². The molecule has 170 valence electrons. The minimum atomic E-state index is -0.0442. The molecule has 33 heavy (non-hydrogen) atoms. The van der Waals surface area contributed by atoms with Crippen LogP contribution >= 0.6 is 0 Å². The smallest absolute Gasteiger partial charge is 0.266 e. The molecule has 2 aliphatic heterocycles. The van der Waals surface area contributed by atoms with Crippen LogP contribution in [0.4, 0.5) is 11.6 Å². The number of hydrogen-bond donors (Lipinski definition) is 1. The molecule has 0 spiro atoms. The second-order valence-electron chi connectivity index (χ2n) is 8.69. The molecule has 1 unspecified atom stereocenters. The van der Waals surface area contributed by atoms with Gasteiger partial charge >= 0.3 is 0 Å². The molecule has 0 aliphatic carbocycles. The lowest BCUT2D eigenvalue weighted by Gasteiger charge is -2.32. The highest BCUT2D eigenvalue weighted by Gasteiger charge is 2.30. The van der Waals surface area contributed by atoms with Gasteiger partial charge in [-0.15, -0.1) is 0 Å². The maximum Gasteiger partial charge on any atom is 0.266 e. The Hall–Kier alpha value is -3.73. The maximum atomic E-state index is 12.8. The monoisotopic (exact) mass is 445 g/mol. The lowest BCUT2D eigenvalue weighted by molar-refractivity contribution is -0.125. The molecular formula is C25H27N5O3. The summed E-state index contributed by atoms with van der Waals surface area (Å²) in [6, 6.07) is 14.3. The van der Waals surface area contributed by atoms with Gasteiger partial charge in [-0.1, -0.05) is 18.2 Å². The number of piperidine rings is 1. The Bertz CT molecular complexity index is 1160. The summed E-state index contributed by atoms with van der Waals surface area (Å²) in [5.41, 5.74) is 2.90. The van der Waals surface area contributed by atoms with Gasteiger partial charge in [-0.2, -0.15) is 10.2 Å². The molecule has 1 amide bonds. The molecule has 2 aliphatic rings. The summed E-state index contributed by atoms with van der Waals surface area (Å²) in [5.74, 6) is 1.29. The fourth-order valence-corrected chi connectivity index (χ4v) is 4.77. The molecule has 1 atom stereocenters. The van der Waals surface area contributed by atoms with Gasteiger partial charge in [0.25, 0.3) is 5.89 Å². The number of benzene rings is 1. The molecule has 0 radical (unpaired) electrons. The molecular weight excluding hydrogens is 418 g/mol. The van der Waals surface area contributed by atoms with Crippen LogP contribution in [0.1, 0.15) is 31.0 Å². The molecule has 0 bridgehead atoms. The molecule has 2 aromatic heterocycles. The van der Waals surface area contributed by atoms with E-state index in [1.54, 1.807) is 18.4 Å². The van der Waals surface area contributed by atoms with Gasteiger partial charge in [0.05, 0.1) is 6.26 Å². The second kappa shape index (κ2) is 9.02. The van der Waals surface area contributed by atoms with Gasteiger partial charge in [0, 0.05) is 43.8 Å². The Labute approximate surface area is 192 Å². The Kier molecular flexibility index (Phi) is 5.78. The summed E-state index contributed by atoms with van der Waals surface area (Å²) >= 11 is 0. The van der Waals surface area contributed by atoms with E-state index < -0.39 is 0 Å². The lowest BCUT2D eigenvalue weighted by Crippen LogP contribution is -2.45. The number of carbonyl (C=O) groups is 1. The summed E-state index contributed by atoms with van der Waals surface area (Å²) in [4.78, 5) is 21.5. The summed E-state index contributed by atoms with van der Waals surface area (Å²) in [7, 11) is 0. The number of nitriles is 1. The van der Waals surface area contributed by atoms with Crippen molar-refractivity contribution >= 4 is 17.5 Å². The zero-order valence-electron chi connectivity index (χ0n) is 18.7. The topological polar surface area (TPSA) is 98.5 Å². The van der Waals surface area contributed by atoms with Crippen LogP contribution in [-0.2, 0) is 11.2 Å². The first-order chi connectivity index (χ1) is 16.1. The molecule has 8 heteroatoms. The molecule has 0 saturated carbocycles. The molecule has 3 aromatic rings. The summed E-state index contributed by atoms with van der Waals surface area (Å²) in [5, 5.41) is 12.6. The first kappa shape index (κ1) is 21.1. The number of amides is 1. The standard InChI is InChI=1S/C25H27N5O3/c1-17(30-13-10-18-5-2-3-6-21(18)30)16-27-23(31)19-8-11-29(12-9-19)25-20(15-26)28-24(33-25)22-7-4-14-32-22/h2-7,14,17,19H,8-13,16H2,1H3,(H,27,31). The second-order valence-corrected chi connectivity index (χ2v) is 8.69. The van der Waals surface area contributed by atoms with Gasteiger partial charge in [0.2, 0.25) is 17.5 Å². The van der Waals surface area contributed by atoms with E-state index in [1.807, 2.05) is 4.90 Å². The third-order valence-corrected chi connectivity index (χ3v) is 6.63. The largest absolute Gasteiger partial charge is 0.459 e. The number of oxazole rings is 1. The van der Waals surface area contributed by atoms with E-state index in [0.29, 0.717) is 50.0 Å². The van der Waals surface area contributed by atoms with E-state index >= 15 is 0 Å². The van der Waals surface area contributed by atoms with Gasteiger partial charge in [0.15, 0.2) is 5.76 Å². The Morgan fingerprint density at radius 1 is 1.24 bits per heavy atom. The number of para-hydroxylation sites is 1. The van der Waals surface area contributed by atoms with Crippen LogP contribution in [0.15, 0.2) is 51.5 Å². The minimum absolute atomic E-state index is 0.0442. The first-order valence-corrected chi connectivity index (χ1v) is 11.5. The van der Waals surface area contributed by atoms with Crippen LogP contribution in [-0.4, -0.2) is 43.1 Å². The molecule has 4 heterocycles. The van der Waals surface area contributed by atoms with Crippen LogP contribution < -0.4 is 15.1 Å². The number of rotatable bonds is 6. The Morgan fingerprint density at radius 2 is 2.06 bits per heavy atom. The van der Waals surface area contributed by atoms with Crippen molar-refractivity contribution < 1.29 is 13.6 Å². The fourth-order valence-electron chi connectivity index (χ4n) is 4.77. The first-order valence-electron chi connectivity index (χ1n) is 11.5. The van der Waals surface area contributed by atoms with E-state index in [0.717, 1.165) is 13.0 Å². The minimum Gasteiger partial charge on any atom is -0.459 e. The van der Waals surface area contributed by atoms with Crippen molar-refractivity contribution in [3.63, 3.8) is 0 Å². The van der Waals surface area contributed by atoms with Crippen molar-refractivity contribution in [2.45, 2.75) is 32.2 Å². The highest BCUT2D eigenvalue weighted by atomic mass is 16.4. The van der Waals surface area contributed by atoms with Crippen LogP contribution in [0, 0.1) is 17.2 Å². The zero-order chi connectivity index (χ0) is 22.8. The number of carbonyl (C=O) groups excluding carboxylic acids is 1. The quantitative estimate of drug-likeness (QED) is 0.619. The third kappa shape index (κ3) is 4.19. The number of furan rings is 1. The van der Waals surface area contributed by atoms with E-state index in [9.17, 15) is 10.1 Å².